The van der Waals surface area contributed by atoms with Gasteiger partial charge >= 0.3 is 0 Å². The minimum atomic E-state index is -1.05. The molecule has 0 aliphatic heterocycles. The standard InChI is InChI=1S/C21H23ClF3N5/c1-21(2,3)29(13-7-5-4-6-8-13)19-17(16-14(24)9-12(23)10-15(16)25)18(22)28-20-26-11-27-30(19)20/h9-11,13H,4-8H2,1-3H3. The molecular formula is C21H23ClF3N5. The first kappa shape index (κ1) is 20.9. The van der Waals surface area contributed by atoms with Gasteiger partial charge in [0.1, 0.15) is 34.7 Å². The summed E-state index contributed by atoms with van der Waals surface area (Å²) in [6, 6.07) is 1.41. The number of benzene rings is 1. The lowest BCUT2D eigenvalue weighted by atomic mass is 9.90. The predicted octanol–water partition coefficient (Wildman–Crippen LogP) is 5.80. The summed E-state index contributed by atoms with van der Waals surface area (Å²) in [5.41, 5.74) is -0.802. The number of rotatable bonds is 3. The molecule has 160 valence electrons. The summed E-state index contributed by atoms with van der Waals surface area (Å²) >= 11 is 6.47. The molecule has 0 bridgehead atoms. The van der Waals surface area contributed by atoms with Crippen molar-refractivity contribution in [3.05, 3.63) is 41.1 Å². The molecule has 2 aromatic heterocycles. The van der Waals surface area contributed by atoms with E-state index < -0.39 is 28.6 Å². The minimum Gasteiger partial charge on any atom is -0.348 e. The van der Waals surface area contributed by atoms with E-state index in [2.05, 4.69) is 20.0 Å². The van der Waals surface area contributed by atoms with Crippen molar-refractivity contribution in [2.45, 2.75) is 64.5 Å². The molecule has 4 rings (SSSR count). The van der Waals surface area contributed by atoms with Gasteiger partial charge in [0.2, 0.25) is 0 Å². The second kappa shape index (κ2) is 7.72. The fourth-order valence-corrected chi connectivity index (χ4v) is 4.65. The Morgan fingerprint density at radius 2 is 1.67 bits per heavy atom. The van der Waals surface area contributed by atoms with Crippen LogP contribution in [0.25, 0.3) is 16.9 Å². The lowest BCUT2D eigenvalue weighted by Crippen LogP contribution is -2.50. The molecule has 1 fully saturated rings. The lowest BCUT2D eigenvalue weighted by Gasteiger charge is -2.45. The first-order chi connectivity index (χ1) is 14.2. The Hall–Kier alpha value is -2.35. The summed E-state index contributed by atoms with van der Waals surface area (Å²) < 4.78 is 44.8. The Labute approximate surface area is 177 Å². The van der Waals surface area contributed by atoms with Gasteiger partial charge in [-0.25, -0.2) is 13.2 Å². The number of anilines is 1. The zero-order valence-corrected chi connectivity index (χ0v) is 17.8. The molecular weight excluding hydrogens is 415 g/mol. The minimum absolute atomic E-state index is 0.0464. The van der Waals surface area contributed by atoms with Gasteiger partial charge in [-0.05, 0) is 33.6 Å². The summed E-state index contributed by atoms with van der Waals surface area (Å²) in [6.07, 6.45) is 6.46. The molecule has 0 radical (unpaired) electrons. The highest BCUT2D eigenvalue weighted by Gasteiger charge is 2.36. The van der Waals surface area contributed by atoms with E-state index in [4.69, 9.17) is 11.6 Å². The Kier molecular flexibility index (Phi) is 5.38. The number of nitrogens with zero attached hydrogens (tertiary/aromatic N) is 5. The fraction of sp³-hybridized carbons (Fsp3) is 0.476. The van der Waals surface area contributed by atoms with Crippen molar-refractivity contribution in [3.8, 4) is 11.1 Å². The van der Waals surface area contributed by atoms with Crippen LogP contribution in [-0.4, -0.2) is 31.2 Å². The normalized spacial score (nSPS) is 15.7. The summed E-state index contributed by atoms with van der Waals surface area (Å²) in [5.74, 6) is -2.46. The molecule has 0 N–H and O–H groups in total. The van der Waals surface area contributed by atoms with Gasteiger partial charge in [0.05, 0.1) is 11.1 Å². The number of fused-ring (bicyclic) bond motifs is 1. The average Bonchev–Trinajstić information content (AvgIpc) is 3.10. The number of aromatic nitrogens is 4. The van der Waals surface area contributed by atoms with Crippen LogP contribution in [0.5, 0.6) is 0 Å². The molecule has 1 aliphatic rings. The summed E-state index contributed by atoms with van der Waals surface area (Å²) in [4.78, 5) is 10.4. The Morgan fingerprint density at radius 3 is 2.27 bits per heavy atom. The van der Waals surface area contributed by atoms with E-state index in [0.717, 1.165) is 32.1 Å². The molecule has 2 heterocycles. The predicted molar refractivity (Wildman–Crippen MR) is 110 cm³/mol. The quantitative estimate of drug-likeness (QED) is 0.486. The highest BCUT2D eigenvalue weighted by Crippen LogP contribution is 2.43. The molecule has 0 amide bonds. The smallest absolute Gasteiger partial charge is 0.255 e. The highest BCUT2D eigenvalue weighted by atomic mass is 35.5. The van der Waals surface area contributed by atoms with Gasteiger partial charge in [-0.15, -0.1) is 0 Å². The molecule has 0 unspecified atom stereocenters. The Balaban J connectivity index is 2.08. The van der Waals surface area contributed by atoms with Crippen LogP contribution in [0.1, 0.15) is 52.9 Å². The van der Waals surface area contributed by atoms with Crippen LogP contribution in [0.15, 0.2) is 18.5 Å². The SMILES string of the molecule is CC(C)(C)N(c1c(-c2c(F)cc(F)cc2F)c(Cl)nc2ncnn12)C1CCCCC1. The molecule has 0 saturated heterocycles. The molecule has 0 spiro atoms. The second-order valence-electron chi connectivity index (χ2n) is 8.65. The van der Waals surface area contributed by atoms with Crippen molar-refractivity contribution in [3.63, 3.8) is 0 Å². The third-order valence-corrected chi connectivity index (χ3v) is 5.78. The van der Waals surface area contributed by atoms with Crippen LogP contribution < -0.4 is 4.90 Å². The van der Waals surface area contributed by atoms with E-state index in [1.807, 2.05) is 20.8 Å². The summed E-state index contributed by atoms with van der Waals surface area (Å²) in [5, 5.41) is 4.16. The van der Waals surface area contributed by atoms with Gasteiger partial charge in [0.15, 0.2) is 0 Å². The molecule has 3 aromatic rings. The van der Waals surface area contributed by atoms with E-state index in [1.165, 1.54) is 10.8 Å². The maximum absolute atomic E-state index is 14.9. The van der Waals surface area contributed by atoms with Gasteiger partial charge in [-0.2, -0.15) is 19.6 Å². The van der Waals surface area contributed by atoms with Crippen LogP contribution in [-0.2, 0) is 0 Å². The van der Waals surface area contributed by atoms with Gasteiger partial charge in [0, 0.05) is 23.7 Å². The van der Waals surface area contributed by atoms with E-state index in [0.29, 0.717) is 18.0 Å². The zero-order valence-electron chi connectivity index (χ0n) is 17.1. The van der Waals surface area contributed by atoms with E-state index in [-0.39, 0.29) is 22.5 Å². The number of hydrogen-bond donors (Lipinski definition) is 0. The maximum Gasteiger partial charge on any atom is 0.255 e. The molecule has 9 heteroatoms. The van der Waals surface area contributed by atoms with Gasteiger partial charge in [-0.1, -0.05) is 30.9 Å². The van der Waals surface area contributed by atoms with Crippen LogP contribution in [0.3, 0.4) is 0 Å². The largest absolute Gasteiger partial charge is 0.348 e. The zero-order chi connectivity index (χ0) is 21.6. The molecule has 0 atom stereocenters. The average molecular weight is 438 g/mol. The van der Waals surface area contributed by atoms with E-state index >= 15 is 0 Å². The molecule has 1 aromatic carbocycles. The van der Waals surface area contributed by atoms with Crippen LogP contribution in [0.2, 0.25) is 5.15 Å². The number of halogens is 4. The summed E-state index contributed by atoms with van der Waals surface area (Å²) in [7, 11) is 0. The summed E-state index contributed by atoms with van der Waals surface area (Å²) in [6.45, 7) is 6.08. The van der Waals surface area contributed by atoms with Crippen molar-refractivity contribution < 1.29 is 13.2 Å². The first-order valence-corrected chi connectivity index (χ1v) is 10.4. The lowest BCUT2D eigenvalue weighted by molar-refractivity contribution is 0.349. The molecule has 1 aliphatic carbocycles. The van der Waals surface area contributed by atoms with Gasteiger partial charge < -0.3 is 4.90 Å². The van der Waals surface area contributed by atoms with Crippen LogP contribution in [0, 0.1) is 17.5 Å². The Morgan fingerprint density at radius 1 is 1.03 bits per heavy atom. The van der Waals surface area contributed by atoms with Gasteiger partial charge in [0.25, 0.3) is 5.78 Å². The van der Waals surface area contributed by atoms with E-state index in [1.54, 1.807) is 0 Å². The van der Waals surface area contributed by atoms with Crippen molar-refractivity contribution in [1.29, 1.82) is 0 Å². The molecule has 1 saturated carbocycles. The van der Waals surface area contributed by atoms with Crippen molar-refractivity contribution in [2.24, 2.45) is 0 Å². The molecule has 5 nitrogen and oxygen atoms in total. The van der Waals surface area contributed by atoms with Crippen molar-refractivity contribution in [2.75, 3.05) is 4.90 Å². The highest BCUT2D eigenvalue weighted by molar-refractivity contribution is 6.33. The third-order valence-electron chi connectivity index (χ3n) is 5.51. The number of hydrogen-bond acceptors (Lipinski definition) is 4. The third kappa shape index (κ3) is 3.62. The second-order valence-corrected chi connectivity index (χ2v) is 9.01. The van der Waals surface area contributed by atoms with Crippen LogP contribution >= 0.6 is 11.6 Å². The fourth-order valence-electron chi connectivity index (χ4n) is 4.40. The monoisotopic (exact) mass is 437 g/mol. The van der Waals surface area contributed by atoms with Crippen molar-refractivity contribution >= 4 is 23.2 Å². The topological polar surface area (TPSA) is 46.3 Å². The van der Waals surface area contributed by atoms with Gasteiger partial charge in [-0.3, -0.25) is 0 Å². The Bertz CT molecular complexity index is 1060. The van der Waals surface area contributed by atoms with Crippen LogP contribution in [0.4, 0.5) is 19.0 Å². The first-order valence-electron chi connectivity index (χ1n) is 10.0. The van der Waals surface area contributed by atoms with Crippen molar-refractivity contribution in [1.82, 2.24) is 19.6 Å². The maximum atomic E-state index is 14.9. The van der Waals surface area contributed by atoms with E-state index in [9.17, 15) is 13.2 Å². The molecule has 30 heavy (non-hydrogen) atoms.